The molecule has 4 heteroatoms. The maximum atomic E-state index is 13.0. The molecule has 2 aliphatic rings. The Morgan fingerprint density at radius 1 is 1.24 bits per heavy atom. The summed E-state index contributed by atoms with van der Waals surface area (Å²) >= 11 is 0. The van der Waals surface area contributed by atoms with Crippen molar-refractivity contribution in [2.45, 2.75) is 31.5 Å². The Labute approximate surface area is 99.0 Å². The summed E-state index contributed by atoms with van der Waals surface area (Å²) in [7, 11) is 0. The van der Waals surface area contributed by atoms with Crippen LogP contribution < -0.4 is 5.32 Å². The Hall–Kier alpha value is -1.16. The molecule has 3 rings (SSSR count). The average molecular weight is 239 g/mol. The molecule has 17 heavy (non-hydrogen) atoms. The number of anilines is 1. The van der Waals surface area contributed by atoms with Crippen LogP contribution in [0.3, 0.4) is 0 Å². The highest BCUT2D eigenvalue weighted by Crippen LogP contribution is 2.38. The van der Waals surface area contributed by atoms with Crippen LogP contribution in [0.5, 0.6) is 0 Å². The average Bonchev–Trinajstić information content (AvgIpc) is 2.92. The van der Waals surface area contributed by atoms with Crippen molar-refractivity contribution in [1.29, 1.82) is 0 Å². The first-order valence-corrected chi connectivity index (χ1v) is 6.07. The largest absolute Gasteiger partial charge is 0.385 e. The number of rotatable bonds is 3. The Morgan fingerprint density at radius 2 is 2.12 bits per heavy atom. The molecule has 1 N–H and O–H groups in total. The predicted octanol–water partition coefficient (Wildman–Crippen LogP) is 2.94. The predicted molar refractivity (Wildman–Crippen MR) is 60.8 cm³/mol. The molecule has 2 heterocycles. The van der Waals surface area contributed by atoms with Crippen LogP contribution in [-0.4, -0.2) is 18.8 Å². The monoisotopic (exact) mass is 239 g/mol. The number of nitrogens with one attached hydrogen (secondary N) is 1. The van der Waals surface area contributed by atoms with Crippen molar-refractivity contribution in [2.24, 2.45) is 5.92 Å². The van der Waals surface area contributed by atoms with E-state index in [1.54, 1.807) is 6.07 Å². The number of fused-ring (bicyclic) bond motifs is 2. The Bertz CT molecular complexity index is 424. The first-order chi connectivity index (χ1) is 8.22. The minimum Gasteiger partial charge on any atom is -0.385 e. The van der Waals surface area contributed by atoms with E-state index in [1.165, 1.54) is 12.5 Å². The molecule has 92 valence electrons. The van der Waals surface area contributed by atoms with Crippen molar-refractivity contribution in [3.05, 3.63) is 29.8 Å². The molecule has 1 aromatic rings. The fourth-order valence-corrected chi connectivity index (χ4v) is 2.81. The van der Waals surface area contributed by atoms with Gasteiger partial charge in [-0.3, -0.25) is 0 Å². The van der Waals surface area contributed by atoms with Crippen LogP contribution in [0.25, 0.3) is 0 Å². The van der Waals surface area contributed by atoms with Crippen LogP contribution in [0, 0.1) is 17.6 Å². The van der Waals surface area contributed by atoms with Crippen LogP contribution in [0.4, 0.5) is 14.5 Å². The highest BCUT2D eigenvalue weighted by atomic mass is 19.2. The van der Waals surface area contributed by atoms with Gasteiger partial charge in [-0.2, -0.15) is 0 Å². The fourth-order valence-electron chi connectivity index (χ4n) is 2.81. The first-order valence-electron chi connectivity index (χ1n) is 6.07. The van der Waals surface area contributed by atoms with Gasteiger partial charge in [0.2, 0.25) is 0 Å². The van der Waals surface area contributed by atoms with Crippen molar-refractivity contribution in [3.8, 4) is 0 Å². The molecule has 2 saturated heterocycles. The molecule has 3 unspecified atom stereocenters. The molecule has 0 radical (unpaired) electrons. The molecule has 2 fully saturated rings. The van der Waals surface area contributed by atoms with Crippen molar-refractivity contribution >= 4 is 5.69 Å². The Kier molecular flexibility index (Phi) is 2.74. The second-order valence-electron chi connectivity index (χ2n) is 4.88. The molecule has 1 aromatic carbocycles. The van der Waals surface area contributed by atoms with Crippen LogP contribution in [0.1, 0.15) is 19.3 Å². The van der Waals surface area contributed by atoms with Gasteiger partial charge < -0.3 is 10.1 Å². The third-order valence-corrected chi connectivity index (χ3v) is 3.72. The molecule has 2 aliphatic heterocycles. The molecule has 0 amide bonds. The van der Waals surface area contributed by atoms with Gasteiger partial charge in [-0.1, -0.05) is 0 Å². The zero-order valence-corrected chi connectivity index (χ0v) is 9.46. The number of halogens is 2. The molecule has 0 saturated carbocycles. The second kappa shape index (κ2) is 4.26. The van der Waals surface area contributed by atoms with Gasteiger partial charge in [0, 0.05) is 18.2 Å². The summed E-state index contributed by atoms with van der Waals surface area (Å²) in [5, 5.41) is 3.15. The summed E-state index contributed by atoms with van der Waals surface area (Å²) < 4.78 is 31.5. The van der Waals surface area contributed by atoms with E-state index < -0.39 is 11.6 Å². The number of hydrogen-bond acceptors (Lipinski definition) is 2. The van der Waals surface area contributed by atoms with E-state index in [1.807, 2.05) is 0 Å². The van der Waals surface area contributed by atoms with Crippen LogP contribution in [0.2, 0.25) is 0 Å². The highest BCUT2D eigenvalue weighted by molar-refractivity contribution is 5.43. The van der Waals surface area contributed by atoms with Crippen molar-refractivity contribution < 1.29 is 13.5 Å². The van der Waals surface area contributed by atoms with Gasteiger partial charge in [-0.05, 0) is 37.5 Å². The van der Waals surface area contributed by atoms with Gasteiger partial charge in [-0.15, -0.1) is 0 Å². The Morgan fingerprint density at radius 3 is 2.76 bits per heavy atom. The molecular weight excluding hydrogens is 224 g/mol. The molecule has 2 nitrogen and oxygen atoms in total. The number of ether oxygens (including phenoxy) is 1. The molecule has 2 bridgehead atoms. The summed E-state index contributed by atoms with van der Waals surface area (Å²) in [5.74, 6) is -1.11. The normalized spacial score (nSPS) is 30.8. The SMILES string of the molecule is Fc1ccc(NCC2CC3CCC2O3)cc1F. The third kappa shape index (κ3) is 2.14. The summed E-state index contributed by atoms with van der Waals surface area (Å²) in [6.45, 7) is 0.770. The van der Waals surface area contributed by atoms with Crippen LogP contribution >= 0.6 is 0 Å². The van der Waals surface area contributed by atoms with Crippen molar-refractivity contribution in [2.75, 3.05) is 11.9 Å². The van der Waals surface area contributed by atoms with Gasteiger partial charge in [0.05, 0.1) is 12.2 Å². The van der Waals surface area contributed by atoms with Crippen molar-refractivity contribution in [1.82, 2.24) is 0 Å². The van der Waals surface area contributed by atoms with Gasteiger partial charge in [0.25, 0.3) is 0 Å². The van der Waals surface area contributed by atoms with Crippen LogP contribution in [-0.2, 0) is 4.74 Å². The van der Waals surface area contributed by atoms with Gasteiger partial charge in [-0.25, -0.2) is 8.78 Å². The van der Waals surface area contributed by atoms with Gasteiger partial charge >= 0.3 is 0 Å². The minimum absolute atomic E-state index is 0.359. The lowest BCUT2D eigenvalue weighted by Gasteiger charge is -2.19. The Balaban J connectivity index is 1.59. The van der Waals surface area contributed by atoms with E-state index in [2.05, 4.69) is 5.32 Å². The first kappa shape index (κ1) is 11.0. The van der Waals surface area contributed by atoms with E-state index >= 15 is 0 Å². The number of hydrogen-bond donors (Lipinski definition) is 1. The summed E-state index contributed by atoms with van der Waals surface area (Å²) in [5.41, 5.74) is 0.631. The second-order valence-corrected chi connectivity index (χ2v) is 4.88. The molecule has 0 spiro atoms. The lowest BCUT2D eigenvalue weighted by Crippen LogP contribution is -2.24. The lowest BCUT2D eigenvalue weighted by atomic mass is 9.89. The zero-order valence-electron chi connectivity index (χ0n) is 9.46. The number of benzene rings is 1. The fraction of sp³-hybridized carbons (Fsp3) is 0.538. The highest BCUT2D eigenvalue weighted by Gasteiger charge is 2.40. The van der Waals surface area contributed by atoms with E-state index in [-0.39, 0.29) is 0 Å². The topological polar surface area (TPSA) is 21.3 Å². The van der Waals surface area contributed by atoms with Crippen LogP contribution in [0.15, 0.2) is 18.2 Å². The van der Waals surface area contributed by atoms with E-state index in [4.69, 9.17) is 4.74 Å². The maximum absolute atomic E-state index is 13.0. The van der Waals surface area contributed by atoms with Gasteiger partial charge in [0.15, 0.2) is 11.6 Å². The van der Waals surface area contributed by atoms with E-state index in [9.17, 15) is 8.78 Å². The summed E-state index contributed by atoms with van der Waals surface area (Å²) in [4.78, 5) is 0. The zero-order chi connectivity index (χ0) is 11.8. The smallest absolute Gasteiger partial charge is 0.160 e. The third-order valence-electron chi connectivity index (χ3n) is 3.72. The minimum atomic E-state index is -0.807. The molecule has 0 aliphatic carbocycles. The van der Waals surface area contributed by atoms with E-state index in [0.29, 0.717) is 23.8 Å². The summed E-state index contributed by atoms with van der Waals surface area (Å²) in [6, 6.07) is 3.91. The molecule has 0 aromatic heterocycles. The quantitative estimate of drug-likeness (QED) is 0.875. The standard InChI is InChI=1S/C13H15F2NO/c14-11-3-1-9(6-12(11)15)16-7-8-5-10-2-4-13(8)17-10/h1,3,6,8,10,13,16H,2,4-5,7H2. The van der Waals surface area contributed by atoms with Crippen molar-refractivity contribution in [3.63, 3.8) is 0 Å². The van der Waals surface area contributed by atoms with E-state index in [0.717, 1.165) is 25.5 Å². The summed E-state index contributed by atoms with van der Waals surface area (Å²) in [6.07, 6.45) is 4.18. The van der Waals surface area contributed by atoms with Gasteiger partial charge in [0.1, 0.15) is 0 Å². The lowest BCUT2D eigenvalue weighted by molar-refractivity contribution is 0.0941. The molecular formula is C13H15F2NO. The maximum Gasteiger partial charge on any atom is 0.160 e. The molecule has 3 atom stereocenters.